The molecular weight excluding hydrogens is 278 g/mol. The third kappa shape index (κ3) is 2.64. The minimum Gasteiger partial charge on any atom is -0.496 e. The van der Waals surface area contributed by atoms with Crippen LogP contribution in [0.15, 0.2) is 24.3 Å². The first-order chi connectivity index (χ1) is 10.7. The fourth-order valence-corrected chi connectivity index (χ4v) is 2.92. The zero-order valence-electron chi connectivity index (χ0n) is 12.7. The lowest BCUT2D eigenvalue weighted by Gasteiger charge is -2.07. The highest BCUT2D eigenvalue weighted by atomic mass is 16.5. The van der Waals surface area contributed by atoms with Crippen molar-refractivity contribution in [2.75, 3.05) is 19.0 Å². The SMILES string of the molecule is COc1ccccc1Cc1nn(C(=N)N)c2c1CCCCN2. The Hall–Kier alpha value is -2.50. The van der Waals surface area contributed by atoms with E-state index in [1.54, 1.807) is 7.11 Å². The van der Waals surface area contributed by atoms with Crippen molar-refractivity contribution in [2.24, 2.45) is 5.73 Å². The molecule has 0 saturated heterocycles. The Morgan fingerprint density at radius 1 is 1.41 bits per heavy atom. The van der Waals surface area contributed by atoms with Crippen LogP contribution in [0, 0.1) is 5.41 Å². The van der Waals surface area contributed by atoms with Crippen LogP contribution in [0.5, 0.6) is 5.75 Å². The summed E-state index contributed by atoms with van der Waals surface area (Å²) in [4.78, 5) is 0. The van der Waals surface area contributed by atoms with Gasteiger partial charge in [-0.15, -0.1) is 0 Å². The average molecular weight is 299 g/mol. The third-order valence-corrected chi connectivity index (χ3v) is 3.99. The molecule has 3 rings (SSSR count). The Morgan fingerprint density at radius 3 is 3.00 bits per heavy atom. The van der Waals surface area contributed by atoms with Crippen LogP contribution in [0.3, 0.4) is 0 Å². The summed E-state index contributed by atoms with van der Waals surface area (Å²) in [5, 5.41) is 15.6. The molecule has 4 N–H and O–H groups in total. The van der Waals surface area contributed by atoms with Gasteiger partial charge in [0.2, 0.25) is 5.96 Å². The molecule has 1 aliphatic heterocycles. The monoisotopic (exact) mass is 299 g/mol. The summed E-state index contributed by atoms with van der Waals surface area (Å²) < 4.78 is 6.93. The zero-order valence-corrected chi connectivity index (χ0v) is 12.7. The number of fused-ring (bicyclic) bond motifs is 1. The number of aromatic nitrogens is 2. The quantitative estimate of drug-likeness (QED) is 0.597. The number of benzene rings is 1. The van der Waals surface area contributed by atoms with E-state index in [1.165, 1.54) is 10.2 Å². The molecule has 0 spiro atoms. The van der Waals surface area contributed by atoms with Gasteiger partial charge in [-0.05, 0) is 25.3 Å². The van der Waals surface area contributed by atoms with E-state index in [2.05, 4.69) is 10.4 Å². The number of nitrogen functional groups attached to an aromatic ring is 1. The molecule has 1 aliphatic rings. The van der Waals surface area contributed by atoms with E-state index in [1.807, 2.05) is 24.3 Å². The van der Waals surface area contributed by atoms with Crippen LogP contribution < -0.4 is 15.8 Å². The Morgan fingerprint density at radius 2 is 2.23 bits per heavy atom. The molecule has 6 heteroatoms. The normalized spacial score (nSPS) is 13.9. The molecule has 0 fully saturated rings. The molecule has 2 heterocycles. The Labute approximate surface area is 129 Å². The van der Waals surface area contributed by atoms with Gasteiger partial charge in [0.25, 0.3) is 0 Å². The maximum atomic E-state index is 7.73. The van der Waals surface area contributed by atoms with Crippen LogP contribution in [0.1, 0.15) is 29.7 Å². The highest BCUT2D eigenvalue weighted by Gasteiger charge is 2.21. The van der Waals surface area contributed by atoms with Crippen molar-refractivity contribution in [1.82, 2.24) is 9.78 Å². The smallest absolute Gasteiger partial charge is 0.215 e. The summed E-state index contributed by atoms with van der Waals surface area (Å²) in [5.74, 6) is 1.67. The van der Waals surface area contributed by atoms with Crippen molar-refractivity contribution in [3.63, 3.8) is 0 Å². The van der Waals surface area contributed by atoms with Gasteiger partial charge in [0.15, 0.2) is 0 Å². The minimum atomic E-state index is -0.0584. The van der Waals surface area contributed by atoms with Crippen LogP contribution >= 0.6 is 0 Å². The maximum absolute atomic E-state index is 7.73. The van der Waals surface area contributed by atoms with Crippen molar-refractivity contribution < 1.29 is 4.74 Å². The average Bonchev–Trinajstić information content (AvgIpc) is 2.71. The number of hydrogen-bond donors (Lipinski definition) is 3. The Bertz CT molecular complexity index is 692. The summed E-state index contributed by atoms with van der Waals surface area (Å²) >= 11 is 0. The van der Waals surface area contributed by atoms with Gasteiger partial charge < -0.3 is 15.8 Å². The molecule has 1 aromatic heterocycles. The van der Waals surface area contributed by atoms with E-state index in [4.69, 9.17) is 15.9 Å². The van der Waals surface area contributed by atoms with Crippen LogP contribution in [0.4, 0.5) is 5.82 Å². The Balaban J connectivity index is 2.02. The molecule has 0 radical (unpaired) electrons. The van der Waals surface area contributed by atoms with Crippen molar-refractivity contribution in [3.8, 4) is 5.75 Å². The van der Waals surface area contributed by atoms with Gasteiger partial charge in [0.05, 0.1) is 12.8 Å². The van der Waals surface area contributed by atoms with Crippen molar-refractivity contribution >= 4 is 11.8 Å². The first-order valence-corrected chi connectivity index (χ1v) is 7.51. The van der Waals surface area contributed by atoms with Crippen LogP contribution in [0.25, 0.3) is 0 Å². The van der Waals surface area contributed by atoms with Gasteiger partial charge >= 0.3 is 0 Å². The summed E-state index contributed by atoms with van der Waals surface area (Å²) in [6, 6.07) is 7.95. The molecule has 6 nitrogen and oxygen atoms in total. The highest BCUT2D eigenvalue weighted by molar-refractivity contribution is 5.81. The number of nitrogens with one attached hydrogen (secondary N) is 2. The molecule has 0 amide bonds. The summed E-state index contributed by atoms with van der Waals surface area (Å²) in [5.41, 5.74) is 8.89. The third-order valence-electron chi connectivity index (χ3n) is 3.99. The lowest BCUT2D eigenvalue weighted by atomic mass is 10.0. The lowest BCUT2D eigenvalue weighted by Crippen LogP contribution is -2.24. The predicted octanol–water partition coefficient (Wildman–Crippen LogP) is 1.97. The predicted molar refractivity (Wildman–Crippen MR) is 86.8 cm³/mol. The molecule has 116 valence electrons. The van der Waals surface area contributed by atoms with Gasteiger partial charge in [-0.1, -0.05) is 18.2 Å². The second-order valence-corrected chi connectivity index (χ2v) is 5.44. The second kappa shape index (κ2) is 6.09. The standard InChI is InChI=1S/C16H21N5O/c1-22-14-8-3-2-6-11(14)10-13-12-7-4-5-9-19-15(12)21(20-13)16(17)18/h2-3,6,8,19H,4-5,7,9-10H2,1H3,(H3,17,18). The number of nitrogens with two attached hydrogens (primary N) is 1. The van der Waals surface area contributed by atoms with Gasteiger partial charge in [-0.25, -0.2) is 0 Å². The molecule has 0 bridgehead atoms. The maximum Gasteiger partial charge on any atom is 0.215 e. The number of para-hydroxylation sites is 1. The number of anilines is 1. The van der Waals surface area contributed by atoms with E-state index in [0.717, 1.165) is 48.6 Å². The van der Waals surface area contributed by atoms with Crippen LogP contribution in [-0.2, 0) is 12.8 Å². The van der Waals surface area contributed by atoms with Crippen LogP contribution in [-0.4, -0.2) is 29.4 Å². The van der Waals surface area contributed by atoms with Crippen molar-refractivity contribution in [1.29, 1.82) is 5.41 Å². The Kier molecular flexibility index (Phi) is 4.00. The zero-order chi connectivity index (χ0) is 15.5. The molecule has 22 heavy (non-hydrogen) atoms. The summed E-state index contributed by atoms with van der Waals surface area (Å²) in [6.45, 7) is 0.889. The molecule has 0 atom stereocenters. The molecule has 0 aliphatic carbocycles. The number of rotatable bonds is 3. The molecule has 0 unspecified atom stereocenters. The lowest BCUT2D eigenvalue weighted by molar-refractivity contribution is 0.410. The fourth-order valence-electron chi connectivity index (χ4n) is 2.92. The van der Waals surface area contributed by atoms with E-state index < -0.39 is 0 Å². The molecule has 2 aromatic rings. The van der Waals surface area contributed by atoms with Crippen molar-refractivity contribution in [2.45, 2.75) is 25.7 Å². The fraction of sp³-hybridized carbons (Fsp3) is 0.375. The summed E-state index contributed by atoms with van der Waals surface area (Å²) in [7, 11) is 1.68. The minimum absolute atomic E-state index is 0.0584. The first kappa shape index (κ1) is 14.4. The van der Waals surface area contributed by atoms with Gasteiger partial charge in [0, 0.05) is 24.1 Å². The van der Waals surface area contributed by atoms with Crippen molar-refractivity contribution in [3.05, 3.63) is 41.1 Å². The number of ether oxygens (including phenoxy) is 1. The van der Waals surface area contributed by atoms with Gasteiger partial charge in [-0.3, -0.25) is 5.41 Å². The van der Waals surface area contributed by atoms with Crippen LogP contribution in [0.2, 0.25) is 0 Å². The van der Waals surface area contributed by atoms with E-state index in [-0.39, 0.29) is 5.96 Å². The number of methoxy groups -OCH3 is 1. The second-order valence-electron chi connectivity index (χ2n) is 5.44. The van der Waals surface area contributed by atoms with E-state index >= 15 is 0 Å². The van der Waals surface area contributed by atoms with E-state index in [9.17, 15) is 0 Å². The van der Waals surface area contributed by atoms with Gasteiger partial charge in [0.1, 0.15) is 11.6 Å². The van der Waals surface area contributed by atoms with Gasteiger partial charge in [-0.2, -0.15) is 9.78 Å². The molecule has 1 aromatic carbocycles. The highest BCUT2D eigenvalue weighted by Crippen LogP contribution is 2.28. The molecule has 0 saturated carbocycles. The largest absolute Gasteiger partial charge is 0.496 e. The topological polar surface area (TPSA) is 89.0 Å². The van der Waals surface area contributed by atoms with E-state index in [0.29, 0.717) is 6.42 Å². The summed E-state index contributed by atoms with van der Waals surface area (Å²) in [6.07, 6.45) is 3.86. The number of hydrogen-bond acceptors (Lipinski definition) is 4. The first-order valence-electron chi connectivity index (χ1n) is 7.51. The molecular formula is C16H21N5O. The number of nitrogens with zero attached hydrogens (tertiary/aromatic N) is 2.